The van der Waals surface area contributed by atoms with Crippen LogP contribution in [0.1, 0.15) is 20.3 Å². The number of anilines is 1. The van der Waals surface area contributed by atoms with E-state index in [1.807, 2.05) is 24.3 Å². The molecule has 0 fully saturated rings. The molecule has 0 radical (unpaired) electrons. The zero-order valence-corrected chi connectivity index (χ0v) is 15.3. The van der Waals surface area contributed by atoms with Crippen LogP contribution in [0, 0.1) is 5.92 Å². The van der Waals surface area contributed by atoms with Crippen LogP contribution in [0.3, 0.4) is 0 Å². The summed E-state index contributed by atoms with van der Waals surface area (Å²) < 4.78 is 10.6. The molecule has 1 aromatic carbocycles. The number of guanidine groups is 1. The van der Waals surface area contributed by atoms with Crippen molar-refractivity contribution in [3.05, 3.63) is 24.3 Å². The Kier molecular flexibility index (Phi) is 11.1. The van der Waals surface area contributed by atoms with E-state index in [9.17, 15) is 0 Å². The van der Waals surface area contributed by atoms with Crippen LogP contribution in [0.15, 0.2) is 29.3 Å². The van der Waals surface area contributed by atoms with Gasteiger partial charge in [0.25, 0.3) is 0 Å². The molecule has 0 saturated carbocycles. The maximum Gasteiger partial charge on any atom is 0.193 e. The summed E-state index contributed by atoms with van der Waals surface area (Å²) in [7, 11) is 1.64. The number of rotatable bonds is 8. The van der Waals surface area contributed by atoms with Crippen LogP contribution in [0.5, 0.6) is 5.75 Å². The number of methoxy groups -OCH3 is 1. The fourth-order valence-electron chi connectivity index (χ4n) is 1.55. The van der Waals surface area contributed by atoms with Gasteiger partial charge < -0.3 is 20.5 Å². The first-order chi connectivity index (χ1) is 9.61. The Morgan fingerprint density at radius 3 is 2.52 bits per heavy atom. The summed E-state index contributed by atoms with van der Waals surface area (Å²) in [6, 6.07) is 7.53. The SMILES string of the molecule is COc1ccc(NC(N)=NCCCOCC(C)C)cc1.I. The second-order valence-electron chi connectivity index (χ2n) is 4.94. The molecule has 0 unspecified atom stereocenters. The molecule has 0 aliphatic rings. The minimum Gasteiger partial charge on any atom is -0.497 e. The maximum absolute atomic E-state index is 5.81. The molecule has 0 bridgehead atoms. The van der Waals surface area contributed by atoms with E-state index in [0.29, 0.717) is 18.4 Å². The van der Waals surface area contributed by atoms with E-state index >= 15 is 0 Å². The number of aliphatic imine (C=N–C) groups is 1. The Morgan fingerprint density at radius 1 is 1.29 bits per heavy atom. The first-order valence-corrected chi connectivity index (χ1v) is 6.90. The average molecular weight is 407 g/mol. The van der Waals surface area contributed by atoms with Gasteiger partial charge in [-0.25, -0.2) is 0 Å². The number of benzene rings is 1. The number of ether oxygens (including phenoxy) is 2. The van der Waals surface area contributed by atoms with Crippen molar-refractivity contribution >= 4 is 35.6 Å². The molecule has 0 saturated heterocycles. The molecular formula is C15H26IN3O2. The lowest BCUT2D eigenvalue weighted by molar-refractivity contribution is 0.109. The van der Waals surface area contributed by atoms with Crippen molar-refractivity contribution in [2.75, 3.05) is 32.2 Å². The van der Waals surface area contributed by atoms with Gasteiger partial charge in [-0.1, -0.05) is 13.8 Å². The first kappa shape index (κ1) is 20.0. The normalized spacial score (nSPS) is 11.1. The molecule has 0 aliphatic carbocycles. The number of hydrogen-bond acceptors (Lipinski definition) is 3. The quantitative estimate of drug-likeness (QED) is 0.301. The Bertz CT molecular complexity index is 408. The van der Waals surface area contributed by atoms with Crippen LogP contribution >= 0.6 is 24.0 Å². The van der Waals surface area contributed by atoms with Crippen molar-refractivity contribution in [1.82, 2.24) is 0 Å². The lowest BCUT2D eigenvalue weighted by Crippen LogP contribution is -2.23. The molecule has 0 heterocycles. The monoisotopic (exact) mass is 407 g/mol. The zero-order valence-electron chi connectivity index (χ0n) is 13.0. The number of nitrogens with two attached hydrogens (primary N) is 1. The highest BCUT2D eigenvalue weighted by molar-refractivity contribution is 14.0. The van der Waals surface area contributed by atoms with E-state index < -0.39 is 0 Å². The van der Waals surface area contributed by atoms with Crippen LogP contribution in [-0.4, -0.2) is 32.8 Å². The van der Waals surface area contributed by atoms with Crippen molar-refractivity contribution in [3.8, 4) is 5.75 Å². The van der Waals surface area contributed by atoms with E-state index in [0.717, 1.165) is 31.1 Å². The third kappa shape index (κ3) is 9.52. The number of nitrogens with zero attached hydrogens (tertiary/aromatic N) is 1. The topological polar surface area (TPSA) is 68.9 Å². The van der Waals surface area contributed by atoms with Gasteiger partial charge in [-0.2, -0.15) is 0 Å². The predicted octanol–water partition coefficient (Wildman–Crippen LogP) is 3.10. The lowest BCUT2D eigenvalue weighted by atomic mass is 10.2. The van der Waals surface area contributed by atoms with Crippen molar-refractivity contribution in [3.63, 3.8) is 0 Å². The number of halogens is 1. The fourth-order valence-corrected chi connectivity index (χ4v) is 1.55. The molecule has 120 valence electrons. The Labute approximate surface area is 144 Å². The third-order valence-electron chi connectivity index (χ3n) is 2.54. The largest absolute Gasteiger partial charge is 0.497 e. The third-order valence-corrected chi connectivity index (χ3v) is 2.54. The van der Waals surface area contributed by atoms with Crippen molar-refractivity contribution in [2.45, 2.75) is 20.3 Å². The van der Waals surface area contributed by atoms with E-state index in [1.54, 1.807) is 7.11 Å². The van der Waals surface area contributed by atoms with E-state index in [-0.39, 0.29) is 24.0 Å². The highest BCUT2D eigenvalue weighted by atomic mass is 127. The molecule has 3 N–H and O–H groups in total. The van der Waals surface area contributed by atoms with Crippen LogP contribution in [-0.2, 0) is 4.74 Å². The van der Waals surface area contributed by atoms with E-state index in [1.165, 1.54) is 0 Å². The summed E-state index contributed by atoms with van der Waals surface area (Å²) in [5, 5.41) is 3.03. The Hall–Kier alpha value is -1.02. The second-order valence-corrected chi connectivity index (χ2v) is 4.94. The van der Waals surface area contributed by atoms with Crippen molar-refractivity contribution in [1.29, 1.82) is 0 Å². The van der Waals surface area contributed by atoms with E-state index in [4.69, 9.17) is 15.2 Å². The van der Waals surface area contributed by atoms with Gasteiger partial charge in [-0.15, -0.1) is 24.0 Å². The highest BCUT2D eigenvalue weighted by Gasteiger charge is 1.97. The van der Waals surface area contributed by atoms with Gasteiger partial charge in [-0.3, -0.25) is 4.99 Å². The first-order valence-electron chi connectivity index (χ1n) is 6.90. The fraction of sp³-hybridized carbons (Fsp3) is 0.533. The van der Waals surface area contributed by atoms with Crippen LogP contribution in [0.25, 0.3) is 0 Å². The second kappa shape index (κ2) is 11.6. The molecule has 0 atom stereocenters. The lowest BCUT2D eigenvalue weighted by Gasteiger charge is -2.07. The molecule has 0 aromatic heterocycles. The van der Waals surface area contributed by atoms with Crippen molar-refractivity contribution in [2.24, 2.45) is 16.6 Å². The maximum atomic E-state index is 5.81. The van der Waals surface area contributed by atoms with Gasteiger partial charge in [0.15, 0.2) is 5.96 Å². The van der Waals surface area contributed by atoms with Crippen molar-refractivity contribution < 1.29 is 9.47 Å². The summed E-state index contributed by atoms with van der Waals surface area (Å²) in [6.45, 7) is 6.44. The molecule has 6 heteroatoms. The van der Waals surface area contributed by atoms with Gasteiger partial charge in [0.2, 0.25) is 0 Å². The molecular weight excluding hydrogens is 381 g/mol. The standard InChI is InChI=1S/C15H25N3O2.HI/c1-12(2)11-20-10-4-9-17-15(16)18-13-5-7-14(19-3)8-6-13;/h5-8,12H,4,9-11H2,1-3H3,(H3,16,17,18);1H. The van der Waals surface area contributed by atoms with Crippen LogP contribution in [0.2, 0.25) is 0 Å². The molecule has 1 aromatic rings. The van der Waals surface area contributed by atoms with Crippen LogP contribution < -0.4 is 15.8 Å². The summed E-state index contributed by atoms with van der Waals surface area (Å²) in [5.41, 5.74) is 6.70. The van der Waals surface area contributed by atoms with Gasteiger partial charge in [0, 0.05) is 25.4 Å². The highest BCUT2D eigenvalue weighted by Crippen LogP contribution is 2.14. The number of nitrogens with one attached hydrogen (secondary N) is 1. The van der Waals surface area contributed by atoms with Gasteiger partial charge in [0.1, 0.15) is 5.75 Å². The smallest absolute Gasteiger partial charge is 0.193 e. The summed E-state index contributed by atoms with van der Waals surface area (Å²) in [6.07, 6.45) is 0.873. The molecule has 0 spiro atoms. The predicted molar refractivity (Wildman–Crippen MR) is 98.8 cm³/mol. The minimum atomic E-state index is 0. The molecule has 21 heavy (non-hydrogen) atoms. The van der Waals surface area contributed by atoms with E-state index in [2.05, 4.69) is 24.2 Å². The molecule has 1 rings (SSSR count). The summed E-state index contributed by atoms with van der Waals surface area (Å²) in [4.78, 5) is 4.25. The average Bonchev–Trinajstić information content (AvgIpc) is 2.43. The zero-order chi connectivity index (χ0) is 14.8. The van der Waals surface area contributed by atoms with Gasteiger partial charge in [0.05, 0.1) is 7.11 Å². The minimum absolute atomic E-state index is 0. The number of hydrogen-bond donors (Lipinski definition) is 2. The summed E-state index contributed by atoms with van der Waals surface area (Å²) >= 11 is 0. The van der Waals surface area contributed by atoms with Crippen LogP contribution in [0.4, 0.5) is 5.69 Å². The van der Waals surface area contributed by atoms with Gasteiger partial charge >= 0.3 is 0 Å². The molecule has 5 nitrogen and oxygen atoms in total. The molecule has 0 aliphatic heterocycles. The van der Waals surface area contributed by atoms with Gasteiger partial charge in [-0.05, 0) is 36.6 Å². The summed E-state index contributed by atoms with van der Waals surface area (Å²) in [5.74, 6) is 1.80. The Morgan fingerprint density at radius 2 is 1.95 bits per heavy atom. The Balaban J connectivity index is 0.00000400. The molecule has 0 amide bonds.